The number of fused-ring (bicyclic) bond motifs is 1. The third-order valence-electron chi connectivity index (χ3n) is 3.99. The molecular formula is C18H16F2N2O3S2. The Balaban J connectivity index is 1.94. The lowest BCUT2D eigenvalue weighted by molar-refractivity contribution is -0.138. The Kier molecular flexibility index (Phi) is 5.81. The number of nitrogens with zero attached hydrogens (tertiary/aromatic N) is 2. The second-order valence-electron chi connectivity index (χ2n) is 5.79. The molecule has 0 aliphatic heterocycles. The van der Waals surface area contributed by atoms with Crippen molar-refractivity contribution in [2.45, 2.75) is 32.7 Å². The molecule has 5 nitrogen and oxygen atoms in total. The van der Waals surface area contributed by atoms with Gasteiger partial charge in [-0.2, -0.15) is 0 Å². The minimum Gasteiger partial charge on any atom is -0.481 e. The van der Waals surface area contributed by atoms with Gasteiger partial charge in [-0.3, -0.25) is 14.5 Å². The fraction of sp³-hybridized carbons (Fsp3) is 0.278. The summed E-state index contributed by atoms with van der Waals surface area (Å²) in [5, 5.41) is 11.9. The van der Waals surface area contributed by atoms with Crippen molar-refractivity contribution in [3.8, 4) is 0 Å². The Labute approximate surface area is 161 Å². The molecule has 9 heteroatoms. The number of anilines is 1. The third-order valence-corrected chi connectivity index (χ3v) is 5.98. The summed E-state index contributed by atoms with van der Waals surface area (Å²) in [5.41, 5.74) is 0.900. The number of carboxylic acids is 1. The Morgan fingerprint density at radius 1 is 1.22 bits per heavy atom. The Hall–Kier alpha value is -2.39. The molecule has 0 spiro atoms. The molecule has 1 amide bonds. The van der Waals surface area contributed by atoms with Gasteiger partial charge in [-0.15, -0.1) is 22.7 Å². The summed E-state index contributed by atoms with van der Waals surface area (Å²) < 4.78 is 27.8. The number of hydrogen-bond acceptors (Lipinski definition) is 5. The molecule has 0 bridgehead atoms. The second kappa shape index (κ2) is 8.10. The molecule has 0 saturated heterocycles. The maximum atomic E-state index is 13.9. The van der Waals surface area contributed by atoms with Gasteiger partial charge in [0.25, 0.3) is 0 Å². The molecule has 0 aliphatic rings. The number of hydrogen-bond donors (Lipinski definition) is 1. The van der Waals surface area contributed by atoms with E-state index in [1.165, 1.54) is 33.6 Å². The number of halogens is 2. The van der Waals surface area contributed by atoms with Crippen LogP contribution >= 0.6 is 22.7 Å². The van der Waals surface area contributed by atoms with Crippen LogP contribution in [0.15, 0.2) is 23.6 Å². The van der Waals surface area contributed by atoms with E-state index >= 15 is 0 Å². The Bertz CT molecular complexity index is 1000. The fourth-order valence-electron chi connectivity index (χ4n) is 2.64. The van der Waals surface area contributed by atoms with Gasteiger partial charge in [0.05, 0.1) is 17.7 Å². The molecule has 2 heterocycles. The van der Waals surface area contributed by atoms with E-state index in [1.54, 1.807) is 0 Å². The van der Waals surface area contributed by atoms with Crippen LogP contribution in [0, 0.1) is 11.6 Å². The van der Waals surface area contributed by atoms with E-state index in [1.807, 2.05) is 18.4 Å². The highest BCUT2D eigenvalue weighted by Gasteiger charge is 2.23. The number of thiazole rings is 1. The molecule has 3 aromatic rings. The molecule has 0 aliphatic carbocycles. The van der Waals surface area contributed by atoms with Crippen LogP contribution in [0.4, 0.5) is 13.8 Å². The van der Waals surface area contributed by atoms with Gasteiger partial charge in [0.15, 0.2) is 11.6 Å². The van der Waals surface area contributed by atoms with Gasteiger partial charge in [0, 0.05) is 6.42 Å². The van der Waals surface area contributed by atoms with Crippen molar-refractivity contribution in [2.24, 2.45) is 0 Å². The normalized spacial score (nSPS) is 11.1. The largest absolute Gasteiger partial charge is 0.481 e. The van der Waals surface area contributed by atoms with Crippen molar-refractivity contribution in [3.63, 3.8) is 0 Å². The van der Waals surface area contributed by atoms with Gasteiger partial charge in [-0.25, -0.2) is 13.8 Å². The van der Waals surface area contributed by atoms with Gasteiger partial charge in [-0.1, -0.05) is 6.92 Å². The fourth-order valence-corrected chi connectivity index (χ4v) is 4.61. The maximum absolute atomic E-state index is 13.9. The third kappa shape index (κ3) is 4.14. The van der Waals surface area contributed by atoms with Crippen LogP contribution in [-0.2, 0) is 22.6 Å². The van der Waals surface area contributed by atoms with E-state index in [0.717, 1.165) is 16.6 Å². The number of carbonyl (C=O) groups excluding carboxylic acids is 1. The molecule has 1 aromatic carbocycles. The van der Waals surface area contributed by atoms with Crippen molar-refractivity contribution in [1.29, 1.82) is 0 Å². The maximum Gasteiger partial charge on any atom is 0.303 e. The van der Waals surface area contributed by atoms with E-state index in [2.05, 4.69) is 4.98 Å². The number of carboxylic acid groups (broad SMARTS) is 1. The topological polar surface area (TPSA) is 70.5 Å². The average Bonchev–Trinajstić information content (AvgIpc) is 3.27. The monoisotopic (exact) mass is 410 g/mol. The summed E-state index contributed by atoms with van der Waals surface area (Å²) in [6.45, 7) is 2.04. The van der Waals surface area contributed by atoms with Crippen molar-refractivity contribution < 1.29 is 23.5 Å². The predicted molar refractivity (Wildman–Crippen MR) is 101 cm³/mol. The molecule has 0 unspecified atom stereocenters. The zero-order valence-corrected chi connectivity index (χ0v) is 16.0. The number of rotatable bonds is 7. The average molecular weight is 410 g/mol. The number of benzene rings is 1. The molecule has 0 saturated carbocycles. The predicted octanol–water partition coefficient (Wildman–Crippen LogP) is 4.60. The SMILES string of the molecule is CCc1ccsc1N(Cc1nc2c(F)c(F)ccc2s1)C(=O)CCC(=O)O. The minimum absolute atomic E-state index is 0.0603. The van der Waals surface area contributed by atoms with E-state index in [4.69, 9.17) is 5.11 Å². The Morgan fingerprint density at radius 2 is 2.00 bits per heavy atom. The van der Waals surface area contributed by atoms with Crippen LogP contribution in [0.1, 0.15) is 30.3 Å². The van der Waals surface area contributed by atoms with Gasteiger partial charge >= 0.3 is 5.97 Å². The number of carbonyl (C=O) groups is 2. The Morgan fingerprint density at radius 3 is 2.70 bits per heavy atom. The standard InChI is InChI=1S/C18H16F2N2O3S2/c1-2-10-7-8-26-18(10)22(14(23)5-6-15(24)25)9-13-21-17-12(27-13)4-3-11(19)16(17)20/h3-4,7-8H,2,5-6,9H2,1H3,(H,24,25). The van der Waals surface area contributed by atoms with E-state index in [0.29, 0.717) is 16.1 Å². The van der Waals surface area contributed by atoms with Crippen molar-refractivity contribution in [1.82, 2.24) is 4.98 Å². The van der Waals surface area contributed by atoms with Gasteiger partial charge in [-0.05, 0) is 35.6 Å². The second-order valence-corrected chi connectivity index (χ2v) is 7.80. The number of aliphatic carboxylic acids is 1. The molecule has 1 N–H and O–H groups in total. The van der Waals surface area contributed by atoms with Crippen molar-refractivity contribution in [3.05, 3.63) is 45.8 Å². The summed E-state index contributed by atoms with van der Waals surface area (Å²) in [5.74, 6) is -3.38. The number of aryl methyl sites for hydroxylation is 1. The van der Waals surface area contributed by atoms with Crippen molar-refractivity contribution in [2.75, 3.05) is 4.90 Å². The van der Waals surface area contributed by atoms with E-state index in [-0.39, 0.29) is 30.8 Å². The highest BCUT2D eigenvalue weighted by molar-refractivity contribution is 7.18. The molecular weight excluding hydrogens is 394 g/mol. The zero-order valence-electron chi connectivity index (χ0n) is 14.4. The van der Waals surface area contributed by atoms with Crippen LogP contribution in [-0.4, -0.2) is 22.0 Å². The first-order valence-corrected chi connectivity index (χ1v) is 9.92. The van der Waals surface area contributed by atoms with Gasteiger partial charge in [0.1, 0.15) is 15.5 Å². The summed E-state index contributed by atoms with van der Waals surface area (Å²) in [6, 6.07) is 4.41. The first-order chi connectivity index (χ1) is 12.9. The smallest absolute Gasteiger partial charge is 0.303 e. The summed E-state index contributed by atoms with van der Waals surface area (Å²) in [6.07, 6.45) is 0.285. The first-order valence-electron chi connectivity index (χ1n) is 8.22. The molecule has 0 atom stereocenters. The molecule has 2 aromatic heterocycles. The van der Waals surface area contributed by atoms with E-state index < -0.39 is 17.6 Å². The first kappa shape index (κ1) is 19.4. The van der Waals surface area contributed by atoms with Crippen LogP contribution < -0.4 is 4.90 Å². The number of amides is 1. The minimum atomic E-state index is -1.05. The molecule has 0 fully saturated rings. The van der Waals surface area contributed by atoms with E-state index in [9.17, 15) is 18.4 Å². The lowest BCUT2D eigenvalue weighted by atomic mass is 10.2. The van der Waals surface area contributed by atoms with Gasteiger partial charge < -0.3 is 5.11 Å². The highest BCUT2D eigenvalue weighted by Crippen LogP contribution is 2.32. The van der Waals surface area contributed by atoms with Crippen LogP contribution in [0.5, 0.6) is 0 Å². The number of thiophene rings is 1. The zero-order chi connectivity index (χ0) is 19.6. The van der Waals surface area contributed by atoms with Crippen LogP contribution in [0.2, 0.25) is 0 Å². The lowest BCUT2D eigenvalue weighted by Crippen LogP contribution is -2.30. The summed E-state index contributed by atoms with van der Waals surface area (Å²) in [4.78, 5) is 29.1. The summed E-state index contributed by atoms with van der Waals surface area (Å²) >= 11 is 2.55. The van der Waals surface area contributed by atoms with Crippen LogP contribution in [0.25, 0.3) is 10.2 Å². The molecule has 142 valence electrons. The number of aromatic nitrogens is 1. The quantitative estimate of drug-likeness (QED) is 0.618. The lowest BCUT2D eigenvalue weighted by Gasteiger charge is -2.21. The highest BCUT2D eigenvalue weighted by atomic mass is 32.1. The van der Waals surface area contributed by atoms with Gasteiger partial charge in [0.2, 0.25) is 5.91 Å². The molecule has 0 radical (unpaired) electrons. The molecule has 27 heavy (non-hydrogen) atoms. The summed E-state index contributed by atoms with van der Waals surface area (Å²) in [7, 11) is 0. The van der Waals surface area contributed by atoms with Crippen LogP contribution in [0.3, 0.4) is 0 Å². The molecule has 3 rings (SSSR count). The van der Waals surface area contributed by atoms with Crippen molar-refractivity contribution >= 4 is 49.8 Å².